The molecule has 1 saturated heterocycles. The first-order valence-electron chi connectivity index (χ1n) is 9.69. The van der Waals surface area contributed by atoms with Crippen molar-refractivity contribution >= 4 is 16.8 Å². The van der Waals surface area contributed by atoms with Crippen LogP contribution in [0.2, 0.25) is 0 Å². The van der Waals surface area contributed by atoms with Crippen LogP contribution >= 0.6 is 0 Å². The summed E-state index contributed by atoms with van der Waals surface area (Å²) in [5.41, 5.74) is 6.00. The van der Waals surface area contributed by atoms with Gasteiger partial charge in [-0.2, -0.15) is 0 Å². The number of hydrogen-bond acceptors (Lipinski definition) is 1. The average Bonchev–Trinajstić information content (AvgIpc) is 3.06. The van der Waals surface area contributed by atoms with Crippen molar-refractivity contribution in [3.63, 3.8) is 0 Å². The molecule has 5 rings (SSSR count). The van der Waals surface area contributed by atoms with Gasteiger partial charge in [0.15, 0.2) is 0 Å². The Balaban J connectivity index is 1.48. The number of amides is 1. The van der Waals surface area contributed by atoms with Gasteiger partial charge in [-0.3, -0.25) is 4.79 Å². The Kier molecular flexibility index (Phi) is 3.63. The van der Waals surface area contributed by atoms with Crippen LogP contribution in [0.4, 0.5) is 0 Å². The number of aryl methyl sites for hydroxylation is 2. The summed E-state index contributed by atoms with van der Waals surface area (Å²) in [5, 5.41) is 1.12. The lowest BCUT2D eigenvalue weighted by molar-refractivity contribution is 0.0547. The van der Waals surface area contributed by atoms with Gasteiger partial charge in [-0.05, 0) is 68.0 Å². The van der Waals surface area contributed by atoms with Crippen molar-refractivity contribution < 1.29 is 4.79 Å². The molecule has 2 aliphatic rings. The summed E-state index contributed by atoms with van der Waals surface area (Å²) in [6.45, 7) is 2.93. The molecule has 0 spiro atoms. The van der Waals surface area contributed by atoms with Crippen LogP contribution in [0.15, 0.2) is 48.5 Å². The lowest BCUT2D eigenvalue weighted by atomic mass is 9.74. The molecule has 2 aromatic carbocycles. The average molecular weight is 344 g/mol. The second-order valence-electron chi connectivity index (χ2n) is 7.81. The molecule has 3 nitrogen and oxygen atoms in total. The molecular weight excluding hydrogens is 320 g/mol. The first-order chi connectivity index (χ1) is 12.7. The molecule has 1 amide bonds. The van der Waals surface area contributed by atoms with E-state index in [1.54, 1.807) is 0 Å². The van der Waals surface area contributed by atoms with Crippen molar-refractivity contribution in [3.8, 4) is 0 Å². The van der Waals surface area contributed by atoms with Crippen molar-refractivity contribution in [1.82, 2.24) is 9.88 Å². The molecule has 2 unspecified atom stereocenters. The normalized spacial score (nSPS) is 22.1. The van der Waals surface area contributed by atoms with Crippen LogP contribution in [-0.4, -0.2) is 28.4 Å². The monoisotopic (exact) mass is 344 g/mol. The molecule has 2 atom stereocenters. The Morgan fingerprint density at radius 1 is 1.12 bits per heavy atom. The summed E-state index contributed by atoms with van der Waals surface area (Å²) < 4.78 is 0. The topological polar surface area (TPSA) is 36.1 Å². The predicted octanol–water partition coefficient (Wildman–Crippen LogP) is 4.81. The van der Waals surface area contributed by atoms with E-state index in [1.807, 2.05) is 18.2 Å². The van der Waals surface area contributed by atoms with E-state index in [4.69, 9.17) is 0 Å². The van der Waals surface area contributed by atoms with Gasteiger partial charge in [0, 0.05) is 40.7 Å². The molecule has 1 aliphatic carbocycles. The zero-order valence-electron chi connectivity index (χ0n) is 15.2. The number of benzene rings is 2. The summed E-state index contributed by atoms with van der Waals surface area (Å²) in [6.07, 6.45) is 4.45. The quantitative estimate of drug-likeness (QED) is 0.675. The maximum Gasteiger partial charge on any atom is 0.254 e. The van der Waals surface area contributed by atoms with Gasteiger partial charge in [0.05, 0.1) is 0 Å². The van der Waals surface area contributed by atoms with Gasteiger partial charge >= 0.3 is 0 Å². The third-order valence-electron chi connectivity index (χ3n) is 6.21. The molecule has 1 aromatic heterocycles. The van der Waals surface area contributed by atoms with Gasteiger partial charge in [-0.25, -0.2) is 0 Å². The number of aromatic amines is 1. The van der Waals surface area contributed by atoms with E-state index in [0.717, 1.165) is 48.0 Å². The van der Waals surface area contributed by atoms with Gasteiger partial charge in [0.2, 0.25) is 0 Å². The van der Waals surface area contributed by atoms with Crippen molar-refractivity contribution in [2.45, 2.75) is 44.6 Å². The standard InChI is InChI=1S/C23H24N2O/c1-15-13-18-14-17(8-10-21(18)24-15)23(26)25-12-4-7-20-19-6-3-2-5-16(19)9-11-22(20)25/h2-3,5-6,8,10,13-14,20,22,24H,4,7,9,11-12H2,1H3. The van der Waals surface area contributed by atoms with Crippen LogP contribution in [-0.2, 0) is 6.42 Å². The van der Waals surface area contributed by atoms with Crippen molar-refractivity contribution in [2.75, 3.05) is 6.54 Å². The Morgan fingerprint density at radius 3 is 2.92 bits per heavy atom. The molecule has 0 saturated carbocycles. The zero-order chi connectivity index (χ0) is 17.7. The summed E-state index contributed by atoms with van der Waals surface area (Å²) in [6, 6.07) is 17.3. The highest BCUT2D eigenvalue weighted by Gasteiger charge is 2.38. The smallest absolute Gasteiger partial charge is 0.254 e. The van der Waals surface area contributed by atoms with Crippen molar-refractivity contribution in [3.05, 3.63) is 70.9 Å². The van der Waals surface area contributed by atoms with Gasteiger partial charge in [0.25, 0.3) is 5.91 Å². The molecule has 26 heavy (non-hydrogen) atoms. The number of likely N-dealkylation sites (tertiary alicyclic amines) is 1. The van der Waals surface area contributed by atoms with Crippen LogP contribution in [0.5, 0.6) is 0 Å². The fourth-order valence-corrected chi connectivity index (χ4v) is 5.03. The fourth-order valence-electron chi connectivity index (χ4n) is 5.03. The van der Waals surface area contributed by atoms with E-state index in [-0.39, 0.29) is 5.91 Å². The van der Waals surface area contributed by atoms with E-state index >= 15 is 0 Å². The summed E-state index contributed by atoms with van der Waals surface area (Å²) in [4.78, 5) is 18.8. The fraction of sp³-hybridized carbons (Fsp3) is 0.348. The number of aromatic nitrogens is 1. The van der Waals surface area contributed by atoms with Gasteiger partial charge in [-0.1, -0.05) is 24.3 Å². The van der Waals surface area contributed by atoms with Crippen LogP contribution in [0, 0.1) is 6.92 Å². The maximum absolute atomic E-state index is 13.3. The number of fused-ring (bicyclic) bond motifs is 4. The number of nitrogens with zero attached hydrogens (tertiary/aromatic N) is 1. The van der Waals surface area contributed by atoms with Crippen LogP contribution in [0.1, 0.15) is 52.4 Å². The number of carbonyl (C=O) groups is 1. The molecule has 3 heteroatoms. The molecule has 2 heterocycles. The van der Waals surface area contributed by atoms with Crippen molar-refractivity contribution in [1.29, 1.82) is 0 Å². The second kappa shape index (κ2) is 6.01. The minimum atomic E-state index is 0.194. The van der Waals surface area contributed by atoms with Gasteiger partial charge in [-0.15, -0.1) is 0 Å². The van der Waals surface area contributed by atoms with Crippen LogP contribution < -0.4 is 0 Å². The van der Waals surface area contributed by atoms with Crippen LogP contribution in [0.3, 0.4) is 0 Å². The second-order valence-corrected chi connectivity index (χ2v) is 7.81. The lowest BCUT2D eigenvalue weighted by Crippen LogP contribution is -2.49. The summed E-state index contributed by atoms with van der Waals surface area (Å²) in [7, 11) is 0. The minimum absolute atomic E-state index is 0.194. The zero-order valence-corrected chi connectivity index (χ0v) is 15.2. The lowest BCUT2D eigenvalue weighted by Gasteiger charge is -2.45. The SMILES string of the molecule is Cc1cc2cc(C(=O)N3CCCC4c5ccccc5CCC43)ccc2[nH]1. The van der Waals surface area contributed by atoms with E-state index in [2.05, 4.69) is 47.1 Å². The van der Waals surface area contributed by atoms with Gasteiger partial charge < -0.3 is 9.88 Å². The third kappa shape index (κ3) is 2.45. The molecule has 1 aliphatic heterocycles. The third-order valence-corrected chi connectivity index (χ3v) is 6.21. The summed E-state index contributed by atoms with van der Waals surface area (Å²) in [5.74, 6) is 0.690. The largest absolute Gasteiger partial charge is 0.359 e. The number of rotatable bonds is 1. The molecule has 3 aromatic rings. The number of nitrogens with one attached hydrogen (secondary N) is 1. The Morgan fingerprint density at radius 2 is 2.00 bits per heavy atom. The minimum Gasteiger partial charge on any atom is -0.359 e. The molecular formula is C23H24N2O. The highest BCUT2D eigenvalue weighted by atomic mass is 16.2. The Hall–Kier alpha value is -2.55. The first-order valence-corrected chi connectivity index (χ1v) is 9.69. The molecule has 132 valence electrons. The first kappa shape index (κ1) is 15.7. The number of H-pyrrole nitrogens is 1. The molecule has 1 N–H and O–H groups in total. The van der Waals surface area contributed by atoms with Gasteiger partial charge in [0.1, 0.15) is 0 Å². The van der Waals surface area contributed by atoms with E-state index in [0.29, 0.717) is 12.0 Å². The van der Waals surface area contributed by atoms with Crippen molar-refractivity contribution in [2.24, 2.45) is 0 Å². The molecule has 0 bridgehead atoms. The highest BCUT2D eigenvalue weighted by molar-refractivity contribution is 5.98. The van der Waals surface area contributed by atoms with Crippen LogP contribution in [0.25, 0.3) is 10.9 Å². The Labute approximate surface area is 154 Å². The highest BCUT2D eigenvalue weighted by Crippen LogP contribution is 2.41. The summed E-state index contributed by atoms with van der Waals surface area (Å²) >= 11 is 0. The van der Waals surface area contributed by atoms with E-state index in [1.165, 1.54) is 17.5 Å². The Bertz CT molecular complexity index is 987. The van der Waals surface area contributed by atoms with E-state index in [9.17, 15) is 4.79 Å². The predicted molar refractivity (Wildman–Crippen MR) is 105 cm³/mol. The number of carbonyl (C=O) groups excluding carboxylic acids is 1. The molecule has 0 radical (unpaired) electrons. The maximum atomic E-state index is 13.3. The number of hydrogen-bond donors (Lipinski definition) is 1. The molecule has 1 fully saturated rings. The number of piperidine rings is 1. The van der Waals surface area contributed by atoms with E-state index < -0.39 is 0 Å².